The van der Waals surface area contributed by atoms with Crippen LogP contribution in [0.2, 0.25) is 10.0 Å². The van der Waals surface area contributed by atoms with Crippen molar-refractivity contribution in [2.75, 3.05) is 6.61 Å². The highest BCUT2D eigenvalue weighted by Crippen LogP contribution is 2.23. The van der Waals surface area contributed by atoms with Gasteiger partial charge in [0.25, 0.3) is 0 Å². The van der Waals surface area contributed by atoms with Gasteiger partial charge in [0.1, 0.15) is 6.04 Å². The Morgan fingerprint density at radius 1 is 1.33 bits per heavy atom. The fraction of sp³-hybridized carbons (Fsp3) is 0.273. The molecule has 2 aromatic rings. The van der Waals surface area contributed by atoms with Crippen LogP contribution in [0.25, 0.3) is 0 Å². The third-order valence-corrected chi connectivity index (χ3v) is 3.08. The number of nitrogens with zero attached hydrogens (tertiary/aromatic N) is 2. The molecular formula is C11H11Cl2N3O2. The molecule has 0 aliphatic rings. The van der Waals surface area contributed by atoms with Crippen molar-refractivity contribution < 1.29 is 9.63 Å². The summed E-state index contributed by atoms with van der Waals surface area (Å²) in [6, 6.07) is 4.63. The highest BCUT2D eigenvalue weighted by Gasteiger charge is 2.14. The van der Waals surface area contributed by atoms with Crippen LogP contribution < -0.4 is 5.73 Å². The van der Waals surface area contributed by atoms with Gasteiger partial charge in [-0.15, -0.1) is 0 Å². The van der Waals surface area contributed by atoms with Gasteiger partial charge >= 0.3 is 0 Å². The van der Waals surface area contributed by atoms with Crippen LogP contribution in [-0.2, 0) is 6.42 Å². The van der Waals surface area contributed by atoms with Gasteiger partial charge in [0.2, 0.25) is 5.89 Å². The molecule has 0 aliphatic carbocycles. The van der Waals surface area contributed by atoms with Gasteiger partial charge in [0.15, 0.2) is 5.82 Å². The molecule has 0 amide bonds. The summed E-state index contributed by atoms with van der Waals surface area (Å²) in [4.78, 5) is 4.09. The number of aliphatic hydroxyl groups excluding tert-OH is 1. The molecule has 0 unspecified atom stereocenters. The van der Waals surface area contributed by atoms with Crippen LogP contribution in [0.1, 0.15) is 23.3 Å². The summed E-state index contributed by atoms with van der Waals surface area (Å²) in [5.41, 5.74) is 6.47. The van der Waals surface area contributed by atoms with E-state index in [4.69, 9.17) is 38.6 Å². The minimum absolute atomic E-state index is 0.215. The summed E-state index contributed by atoms with van der Waals surface area (Å²) < 4.78 is 4.94. The van der Waals surface area contributed by atoms with Crippen LogP contribution in [0, 0.1) is 0 Å². The van der Waals surface area contributed by atoms with Gasteiger partial charge in [0, 0.05) is 6.42 Å². The molecule has 3 N–H and O–H groups in total. The molecule has 0 saturated carbocycles. The summed E-state index contributed by atoms with van der Waals surface area (Å²) in [6.07, 6.45) is 0.457. The highest BCUT2D eigenvalue weighted by atomic mass is 35.5. The Morgan fingerprint density at radius 3 is 2.78 bits per heavy atom. The van der Waals surface area contributed by atoms with E-state index < -0.39 is 6.04 Å². The first kappa shape index (κ1) is 13.3. The Kier molecular flexibility index (Phi) is 4.19. The Balaban J connectivity index is 2.13. The van der Waals surface area contributed by atoms with E-state index in [2.05, 4.69) is 10.1 Å². The lowest BCUT2D eigenvalue weighted by Crippen LogP contribution is -2.14. The summed E-state index contributed by atoms with van der Waals surface area (Å²) >= 11 is 11.7. The van der Waals surface area contributed by atoms with Gasteiger partial charge in [-0.3, -0.25) is 0 Å². The third-order valence-electron chi connectivity index (χ3n) is 2.34. The first-order valence-electron chi connectivity index (χ1n) is 5.23. The number of aromatic nitrogens is 2. The van der Waals surface area contributed by atoms with Gasteiger partial charge < -0.3 is 15.4 Å². The second-order valence-electron chi connectivity index (χ2n) is 3.76. The average Bonchev–Trinajstić information content (AvgIpc) is 2.81. The quantitative estimate of drug-likeness (QED) is 0.898. The molecule has 5 nitrogen and oxygen atoms in total. The topological polar surface area (TPSA) is 85.2 Å². The van der Waals surface area contributed by atoms with Crippen LogP contribution in [0.15, 0.2) is 22.7 Å². The Labute approximate surface area is 114 Å². The molecule has 2 rings (SSSR count). The minimum Gasteiger partial charge on any atom is -0.394 e. The van der Waals surface area contributed by atoms with Crippen molar-refractivity contribution in [1.82, 2.24) is 10.1 Å². The molecule has 18 heavy (non-hydrogen) atoms. The number of hydrogen-bond donors (Lipinski definition) is 2. The van der Waals surface area contributed by atoms with Crippen molar-refractivity contribution in [2.45, 2.75) is 12.5 Å². The number of hydrogen-bond acceptors (Lipinski definition) is 5. The summed E-state index contributed by atoms with van der Waals surface area (Å²) in [5.74, 6) is 0.694. The molecule has 1 aromatic carbocycles. The zero-order valence-corrected chi connectivity index (χ0v) is 10.8. The van der Waals surface area contributed by atoms with E-state index in [1.165, 1.54) is 0 Å². The van der Waals surface area contributed by atoms with E-state index in [-0.39, 0.29) is 12.5 Å². The summed E-state index contributed by atoms with van der Waals surface area (Å²) in [7, 11) is 0. The van der Waals surface area contributed by atoms with E-state index in [1.54, 1.807) is 12.1 Å². The summed E-state index contributed by atoms with van der Waals surface area (Å²) in [6.45, 7) is -0.242. The Morgan fingerprint density at radius 2 is 2.11 bits per heavy atom. The highest BCUT2D eigenvalue weighted by molar-refractivity contribution is 6.42. The number of nitrogens with two attached hydrogens (primary N) is 1. The first-order valence-corrected chi connectivity index (χ1v) is 5.98. The van der Waals surface area contributed by atoms with Gasteiger partial charge in [-0.05, 0) is 17.7 Å². The SMILES string of the molecule is N[C@@H](CO)c1nc(Cc2ccc(Cl)c(Cl)c2)no1. The van der Waals surface area contributed by atoms with Crippen molar-refractivity contribution in [3.63, 3.8) is 0 Å². The largest absolute Gasteiger partial charge is 0.394 e. The fourth-order valence-electron chi connectivity index (χ4n) is 1.40. The maximum atomic E-state index is 8.87. The third kappa shape index (κ3) is 3.00. The van der Waals surface area contributed by atoms with Crippen molar-refractivity contribution in [1.29, 1.82) is 0 Å². The zero-order chi connectivity index (χ0) is 13.1. The standard InChI is InChI=1S/C11H11Cl2N3O2/c12-7-2-1-6(3-8(7)13)4-10-15-11(18-16-10)9(14)5-17/h1-3,9,17H,4-5,14H2/t9-/m0/s1. The second kappa shape index (κ2) is 5.67. The monoisotopic (exact) mass is 287 g/mol. The maximum absolute atomic E-state index is 8.87. The van der Waals surface area contributed by atoms with E-state index in [0.29, 0.717) is 22.3 Å². The normalized spacial score (nSPS) is 12.7. The lowest BCUT2D eigenvalue weighted by atomic mass is 10.1. The van der Waals surface area contributed by atoms with E-state index >= 15 is 0 Å². The van der Waals surface area contributed by atoms with Gasteiger partial charge in [-0.1, -0.05) is 34.4 Å². The van der Waals surface area contributed by atoms with E-state index in [0.717, 1.165) is 5.56 Å². The van der Waals surface area contributed by atoms with E-state index in [1.807, 2.05) is 6.07 Å². The van der Waals surface area contributed by atoms with Crippen molar-refractivity contribution >= 4 is 23.2 Å². The van der Waals surface area contributed by atoms with Crippen LogP contribution >= 0.6 is 23.2 Å². The lowest BCUT2D eigenvalue weighted by molar-refractivity contribution is 0.236. The molecule has 1 aromatic heterocycles. The predicted octanol–water partition coefficient (Wildman–Crippen LogP) is 1.96. The Bertz CT molecular complexity index is 545. The van der Waals surface area contributed by atoms with Crippen LogP contribution in [0.4, 0.5) is 0 Å². The molecule has 96 valence electrons. The smallest absolute Gasteiger partial charge is 0.245 e. The molecular weight excluding hydrogens is 277 g/mol. The molecule has 1 atom stereocenters. The predicted molar refractivity (Wildman–Crippen MR) is 67.6 cm³/mol. The van der Waals surface area contributed by atoms with Gasteiger partial charge in [0.05, 0.1) is 16.7 Å². The van der Waals surface area contributed by atoms with Crippen LogP contribution in [0.5, 0.6) is 0 Å². The second-order valence-corrected chi connectivity index (χ2v) is 4.58. The molecule has 7 heteroatoms. The van der Waals surface area contributed by atoms with E-state index in [9.17, 15) is 0 Å². The zero-order valence-electron chi connectivity index (χ0n) is 9.31. The molecule has 0 fully saturated rings. The number of rotatable bonds is 4. The van der Waals surface area contributed by atoms with Crippen molar-refractivity contribution in [2.24, 2.45) is 5.73 Å². The first-order chi connectivity index (χ1) is 8.60. The molecule has 0 aliphatic heterocycles. The number of aliphatic hydroxyl groups is 1. The summed E-state index contributed by atoms with van der Waals surface area (Å²) in [5, 5.41) is 13.6. The maximum Gasteiger partial charge on any atom is 0.245 e. The van der Waals surface area contributed by atoms with Crippen molar-refractivity contribution in [3.05, 3.63) is 45.5 Å². The molecule has 0 radical (unpaired) electrons. The Hall–Kier alpha value is -1.14. The number of halogens is 2. The molecule has 1 heterocycles. The van der Waals surface area contributed by atoms with Crippen LogP contribution in [-0.4, -0.2) is 21.9 Å². The molecule has 0 spiro atoms. The van der Waals surface area contributed by atoms with Gasteiger partial charge in [-0.25, -0.2) is 0 Å². The van der Waals surface area contributed by atoms with Gasteiger partial charge in [-0.2, -0.15) is 4.98 Å². The minimum atomic E-state index is -0.653. The lowest BCUT2D eigenvalue weighted by Gasteiger charge is -2.00. The van der Waals surface area contributed by atoms with Crippen LogP contribution in [0.3, 0.4) is 0 Å². The average molecular weight is 288 g/mol. The number of benzene rings is 1. The molecule has 0 bridgehead atoms. The van der Waals surface area contributed by atoms with Crippen molar-refractivity contribution in [3.8, 4) is 0 Å². The molecule has 0 saturated heterocycles. The fourth-order valence-corrected chi connectivity index (χ4v) is 1.72.